The number of amides is 1. The van der Waals surface area contributed by atoms with Crippen LogP contribution in [-0.2, 0) is 14.3 Å². The van der Waals surface area contributed by atoms with Crippen molar-refractivity contribution in [1.82, 2.24) is 9.91 Å². The number of ether oxygens (including phenoxy) is 2. The topological polar surface area (TPSA) is 111 Å². The Balaban J connectivity index is 2.40. The first-order chi connectivity index (χ1) is 10.8. The first kappa shape index (κ1) is 20.1. The third-order valence-corrected chi connectivity index (χ3v) is 3.28. The lowest BCUT2D eigenvalue weighted by atomic mass is 9.97. The molecule has 1 aliphatic rings. The van der Waals surface area contributed by atoms with Crippen LogP contribution in [0.5, 0.6) is 0 Å². The van der Waals surface area contributed by atoms with E-state index in [9.17, 15) is 9.59 Å². The summed E-state index contributed by atoms with van der Waals surface area (Å²) in [5.41, 5.74) is 5.41. The predicted molar refractivity (Wildman–Crippen MR) is 90.0 cm³/mol. The van der Waals surface area contributed by atoms with Gasteiger partial charge in [-0.2, -0.15) is 0 Å². The van der Waals surface area contributed by atoms with Crippen LogP contribution >= 0.6 is 0 Å². The fourth-order valence-corrected chi connectivity index (χ4v) is 1.85. The van der Waals surface area contributed by atoms with Gasteiger partial charge in [-0.15, -0.1) is 0 Å². The van der Waals surface area contributed by atoms with E-state index in [0.717, 1.165) is 0 Å². The minimum absolute atomic E-state index is 0.0156. The van der Waals surface area contributed by atoms with Gasteiger partial charge < -0.3 is 20.1 Å². The molecule has 0 spiro atoms. The van der Waals surface area contributed by atoms with Crippen LogP contribution in [0.1, 0.15) is 41.5 Å². The molecule has 0 aliphatic carbocycles. The highest BCUT2D eigenvalue weighted by molar-refractivity contribution is 5.75. The molecule has 1 fully saturated rings. The standard InChI is InChI=1S/C16H30N4O4/c1-15(2,3)13(21)23-10-20(18)9-12(17)11-7-19(8-11)14(22)24-16(4,5)6/h9,11H,7-8,10,17-18H2,1-6H3/b12-9-. The number of rotatable bonds is 4. The van der Waals surface area contributed by atoms with E-state index < -0.39 is 11.0 Å². The molecular weight excluding hydrogens is 312 g/mol. The zero-order chi connectivity index (χ0) is 18.7. The summed E-state index contributed by atoms with van der Waals surface area (Å²) in [6.45, 7) is 11.6. The number of carbonyl (C=O) groups is 2. The predicted octanol–water partition coefficient (Wildman–Crippen LogP) is 1.38. The molecule has 0 atom stereocenters. The van der Waals surface area contributed by atoms with Crippen LogP contribution < -0.4 is 11.6 Å². The molecule has 138 valence electrons. The van der Waals surface area contributed by atoms with Crippen molar-refractivity contribution in [3.8, 4) is 0 Å². The van der Waals surface area contributed by atoms with Crippen molar-refractivity contribution in [3.05, 3.63) is 11.9 Å². The van der Waals surface area contributed by atoms with Crippen molar-refractivity contribution in [3.63, 3.8) is 0 Å². The smallest absolute Gasteiger partial charge is 0.410 e. The van der Waals surface area contributed by atoms with E-state index in [1.165, 1.54) is 11.2 Å². The van der Waals surface area contributed by atoms with Crippen molar-refractivity contribution in [2.45, 2.75) is 47.1 Å². The molecule has 0 aromatic rings. The molecule has 0 bridgehead atoms. The molecule has 8 nitrogen and oxygen atoms in total. The van der Waals surface area contributed by atoms with E-state index in [1.54, 1.807) is 25.7 Å². The third kappa shape index (κ3) is 6.27. The molecule has 1 aliphatic heterocycles. The van der Waals surface area contributed by atoms with Crippen LogP contribution in [0.4, 0.5) is 4.79 Å². The molecular formula is C16H30N4O4. The van der Waals surface area contributed by atoms with Gasteiger partial charge in [0.25, 0.3) is 0 Å². The number of hydrogen-bond donors (Lipinski definition) is 2. The fraction of sp³-hybridized carbons (Fsp3) is 0.750. The number of hydrogen-bond acceptors (Lipinski definition) is 7. The van der Waals surface area contributed by atoms with Gasteiger partial charge in [0, 0.05) is 30.9 Å². The van der Waals surface area contributed by atoms with Gasteiger partial charge in [0.05, 0.1) is 5.41 Å². The summed E-state index contributed by atoms with van der Waals surface area (Å²) in [4.78, 5) is 25.1. The lowest BCUT2D eigenvalue weighted by molar-refractivity contribution is -0.156. The van der Waals surface area contributed by atoms with Gasteiger partial charge in [0.2, 0.25) is 0 Å². The maximum absolute atomic E-state index is 11.9. The van der Waals surface area contributed by atoms with Crippen LogP contribution in [0.15, 0.2) is 11.9 Å². The Morgan fingerprint density at radius 2 is 1.75 bits per heavy atom. The SMILES string of the molecule is CC(C)(C)OC(=O)N1CC(/C(N)=C/N(N)COC(=O)C(C)(C)C)C1. The van der Waals surface area contributed by atoms with Gasteiger partial charge in [-0.25, -0.2) is 10.6 Å². The summed E-state index contributed by atoms with van der Waals surface area (Å²) < 4.78 is 10.4. The van der Waals surface area contributed by atoms with Gasteiger partial charge in [0.15, 0.2) is 6.73 Å². The molecule has 1 heterocycles. The van der Waals surface area contributed by atoms with Gasteiger partial charge >= 0.3 is 12.1 Å². The highest BCUT2D eigenvalue weighted by atomic mass is 16.6. The van der Waals surface area contributed by atoms with Gasteiger partial charge in [-0.1, -0.05) is 0 Å². The monoisotopic (exact) mass is 342 g/mol. The molecule has 0 aromatic heterocycles. The Kier molecular flexibility index (Phi) is 6.10. The molecule has 1 saturated heterocycles. The number of nitrogens with zero attached hydrogens (tertiary/aromatic N) is 2. The van der Waals surface area contributed by atoms with Crippen LogP contribution in [0.25, 0.3) is 0 Å². The summed E-state index contributed by atoms with van der Waals surface area (Å²) >= 11 is 0. The second kappa shape index (κ2) is 7.29. The van der Waals surface area contributed by atoms with E-state index >= 15 is 0 Å². The summed E-state index contributed by atoms with van der Waals surface area (Å²) in [6.07, 6.45) is 1.17. The molecule has 0 unspecified atom stereocenters. The molecule has 8 heteroatoms. The molecule has 24 heavy (non-hydrogen) atoms. The number of nitrogens with two attached hydrogens (primary N) is 2. The second-order valence-electron chi connectivity index (χ2n) is 8.04. The first-order valence-electron chi connectivity index (χ1n) is 7.93. The largest absolute Gasteiger partial charge is 0.444 e. The highest BCUT2D eigenvalue weighted by Crippen LogP contribution is 2.23. The van der Waals surface area contributed by atoms with Crippen LogP contribution in [0.3, 0.4) is 0 Å². The van der Waals surface area contributed by atoms with Crippen molar-refractivity contribution in [1.29, 1.82) is 0 Å². The van der Waals surface area contributed by atoms with Gasteiger partial charge in [0.1, 0.15) is 5.60 Å². The van der Waals surface area contributed by atoms with Crippen molar-refractivity contribution in [2.24, 2.45) is 22.9 Å². The Labute approximate surface area is 143 Å². The van der Waals surface area contributed by atoms with E-state index in [1.807, 2.05) is 20.8 Å². The average Bonchev–Trinajstić information content (AvgIpc) is 2.30. The third-order valence-electron chi connectivity index (χ3n) is 3.28. The molecule has 4 N–H and O–H groups in total. The van der Waals surface area contributed by atoms with E-state index in [4.69, 9.17) is 21.1 Å². The molecule has 1 rings (SSSR count). The summed E-state index contributed by atoms with van der Waals surface area (Å²) in [5.74, 6) is 5.43. The fourth-order valence-electron chi connectivity index (χ4n) is 1.85. The van der Waals surface area contributed by atoms with E-state index in [-0.39, 0.29) is 24.7 Å². The zero-order valence-electron chi connectivity index (χ0n) is 15.5. The lowest BCUT2D eigenvalue weighted by Gasteiger charge is -2.40. The molecule has 1 amide bonds. The zero-order valence-corrected chi connectivity index (χ0v) is 15.5. The lowest BCUT2D eigenvalue weighted by Crippen LogP contribution is -2.53. The van der Waals surface area contributed by atoms with Gasteiger partial charge in [-0.3, -0.25) is 9.80 Å². The Morgan fingerprint density at radius 3 is 2.21 bits per heavy atom. The minimum atomic E-state index is -0.585. The number of carbonyl (C=O) groups excluding carboxylic acids is 2. The number of hydrazine groups is 1. The van der Waals surface area contributed by atoms with E-state index in [2.05, 4.69) is 0 Å². The normalized spacial score (nSPS) is 16.5. The Bertz CT molecular complexity index is 499. The quantitative estimate of drug-likeness (QED) is 0.343. The maximum Gasteiger partial charge on any atom is 0.410 e. The Hall–Kier alpha value is -1.96. The Morgan fingerprint density at radius 1 is 1.21 bits per heavy atom. The first-order valence-corrected chi connectivity index (χ1v) is 7.93. The average molecular weight is 342 g/mol. The molecule has 0 aromatic carbocycles. The molecule has 0 saturated carbocycles. The highest BCUT2D eigenvalue weighted by Gasteiger charge is 2.35. The van der Waals surface area contributed by atoms with Crippen molar-refractivity contribution in [2.75, 3.05) is 19.8 Å². The minimum Gasteiger partial charge on any atom is -0.444 e. The second-order valence-corrected chi connectivity index (χ2v) is 8.04. The number of esters is 1. The van der Waals surface area contributed by atoms with Gasteiger partial charge in [-0.05, 0) is 41.5 Å². The molecule has 0 radical (unpaired) electrons. The van der Waals surface area contributed by atoms with Crippen molar-refractivity contribution >= 4 is 12.1 Å². The summed E-state index contributed by atoms with van der Waals surface area (Å²) in [6, 6.07) is 0. The number of likely N-dealkylation sites (tertiary alicyclic amines) is 1. The van der Waals surface area contributed by atoms with Crippen LogP contribution in [0, 0.1) is 11.3 Å². The summed E-state index contributed by atoms with van der Waals surface area (Å²) in [7, 11) is 0. The van der Waals surface area contributed by atoms with Crippen LogP contribution in [-0.4, -0.2) is 47.4 Å². The summed E-state index contributed by atoms with van der Waals surface area (Å²) in [5, 5.41) is 1.22. The van der Waals surface area contributed by atoms with E-state index in [0.29, 0.717) is 18.8 Å². The van der Waals surface area contributed by atoms with Crippen molar-refractivity contribution < 1.29 is 19.1 Å². The van der Waals surface area contributed by atoms with Crippen LogP contribution in [0.2, 0.25) is 0 Å². The maximum atomic E-state index is 11.9.